The number of aromatic nitrogens is 2. The Kier molecular flexibility index (Phi) is 31.1. The molecule has 0 aliphatic carbocycles. The number of ether oxygens (including phenoxy) is 1. The first-order valence-electron chi connectivity index (χ1n) is 36.1. The second-order valence-electron chi connectivity index (χ2n) is 27.4. The summed E-state index contributed by atoms with van der Waals surface area (Å²) in [6.07, 6.45) is 6.27. The first-order valence-corrected chi connectivity index (χ1v) is 36.1. The zero-order valence-electron chi connectivity index (χ0n) is 60.7. The number of nitrogens with zero attached hydrogens (tertiary/aromatic N) is 4. The Morgan fingerprint density at radius 3 is 1.50 bits per heavy atom. The number of guanidine groups is 1. The third-order valence-corrected chi connectivity index (χ3v) is 18.4. The molecule has 4 heterocycles. The normalized spacial score (nSPS) is 16.1. The molecule has 30 heteroatoms. The van der Waals surface area contributed by atoms with Gasteiger partial charge >= 0.3 is 0 Å². The lowest BCUT2D eigenvalue weighted by molar-refractivity contribution is -0.142. The summed E-state index contributed by atoms with van der Waals surface area (Å²) in [6, 6.07) is 22.6. The van der Waals surface area contributed by atoms with Crippen LogP contribution >= 0.6 is 0 Å². The van der Waals surface area contributed by atoms with Crippen molar-refractivity contribution in [1.29, 1.82) is 5.41 Å². The van der Waals surface area contributed by atoms with Crippen LogP contribution in [0.15, 0.2) is 146 Å². The van der Waals surface area contributed by atoms with Gasteiger partial charge in [-0.15, -0.1) is 0 Å². The molecule has 10 atom stereocenters. The van der Waals surface area contributed by atoms with Gasteiger partial charge in [0.15, 0.2) is 5.96 Å². The number of hydrogen-bond donors (Lipinski definition) is 14. The van der Waals surface area contributed by atoms with Gasteiger partial charge in [-0.05, 0) is 101 Å². The lowest BCUT2D eigenvalue weighted by Gasteiger charge is -2.31. The minimum absolute atomic E-state index is 0.00293. The van der Waals surface area contributed by atoms with E-state index in [0.717, 1.165) is 35.0 Å². The van der Waals surface area contributed by atoms with Crippen molar-refractivity contribution in [3.63, 3.8) is 0 Å². The maximum absolute atomic E-state index is 15.3. The van der Waals surface area contributed by atoms with Gasteiger partial charge in [0.1, 0.15) is 60.4 Å². The first-order chi connectivity index (χ1) is 51.4. The molecule has 2 fully saturated rings. The Hall–Kier alpha value is -11.2. The number of aliphatic hydroxyl groups excluding tert-OH is 1. The molecular weight excluding hydrogens is 1370 g/mol. The van der Waals surface area contributed by atoms with Crippen LogP contribution in [0.2, 0.25) is 0 Å². The largest absolute Gasteiger partial charge is 0.394 e. The number of pyridine rings is 2. The Labute approximate surface area is 621 Å². The van der Waals surface area contributed by atoms with Gasteiger partial charge in [0.2, 0.25) is 65.0 Å². The summed E-state index contributed by atoms with van der Waals surface area (Å²) >= 11 is 0. The van der Waals surface area contributed by atoms with Crippen LogP contribution in [0.1, 0.15) is 93.2 Å². The molecule has 0 spiro atoms. The smallest absolute Gasteiger partial charge is 0.245 e. The van der Waals surface area contributed by atoms with Crippen LogP contribution < -0.4 is 64.6 Å². The van der Waals surface area contributed by atoms with E-state index in [1.807, 2.05) is 68.4 Å². The first kappa shape index (κ1) is 81.4. The fourth-order valence-corrected chi connectivity index (χ4v) is 12.8. The molecule has 16 N–H and O–H groups in total. The molecule has 0 bridgehead atoms. The van der Waals surface area contributed by atoms with E-state index in [1.165, 1.54) is 43.5 Å². The highest BCUT2D eigenvalue weighted by atomic mass is 16.5. The third kappa shape index (κ3) is 25.8. The number of fused-ring (bicyclic) bond motifs is 1. The van der Waals surface area contributed by atoms with Crippen molar-refractivity contribution in [3.8, 4) is 0 Å². The Balaban J connectivity index is 1.05. The van der Waals surface area contributed by atoms with E-state index in [-0.39, 0.29) is 82.8 Å². The predicted octanol–water partition coefficient (Wildman–Crippen LogP) is 0.156. The molecule has 10 unspecified atom stereocenters. The van der Waals surface area contributed by atoms with Crippen LogP contribution in [-0.4, -0.2) is 202 Å². The van der Waals surface area contributed by atoms with Crippen LogP contribution in [-0.2, 0) is 96.1 Å². The Morgan fingerprint density at radius 2 is 0.981 bits per heavy atom. The number of carbonyl (C=O) groups excluding carboxylic acids is 11. The van der Waals surface area contributed by atoms with Gasteiger partial charge in [0, 0.05) is 96.5 Å². The number of benzene rings is 4. The zero-order chi connectivity index (χ0) is 76.9. The fourth-order valence-electron chi connectivity index (χ4n) is 12.8. The molecule has 2 aromatic heterocycles. The van der Waals surface area contributed by atoms with Gasteiger partial charge < -0.3 is 79.4 Å². The molecule has 0 radical (unpaired) electrons. The van der Waals surface area contributed by atoms with Crippen molar-refractivity contribution in [1.82, 2.24) is 72.9 Å². The molecule has 2 aliphatic heterocycles. The number of likely N-dealkylation sites (tertiary alicyclic amines) is 1. The highest BCUT2D eigenvalue weighted by Gasteiger charge is 2.40. The number of aliphatic hydroxyl groups is 1. The zero-order valence-corrected chi connectivity index (χ0v) is 60.7. The molecule has 11 amide bonds. The van der Waals surface area contributed by atoms with Crippen molar-refractivity contribution in [2.24, 2.45) is 17.4 Å². The number of rotatable bonds is 38. The minimum atomic E-state index is -1.79. The van der Waals surface area contributed by atoms with Crippen molar-refractivity contribution in [3.05, 3.63) is 179 Å². The predicted molar refractivity (Wildman–Crippen MR) is 398 cm³/mol. The van der Waals surface area contributed by atoms with Crippen LogP contribution in [0.3, 0.4) is 0 Å². The molecule has 8 rings (SSSR count). The summed E-state index contributed by atoms with van der Waals surface area (Å²) in [7, 11) is 0. The van der Waals surface area contributed by atoms with E-state index in [1.54, 1.807) is 66.7 Å². The number of nitrogens with two attached hydrogens (primary N) is 2. The van der Waals surface area contributed by atoms with E-state index in [4.69, 9.17) is 21.6 Å². The highest BCUT2D eigenvalue weighted by molar-refractivity contribution is 5.99. The molecule has 2 aliphatic rings. The summed E-state index contributed by atoms with van der Waals surface area (Å²) in [5.41, 5.74) is 14.8. The van der Waals surface area contributed by atoms with Gasteiger partial charge in [-0.3, -0.25) is 73.0 Å². The lowest BCUT2D eigenvalue weighted by Crippen LogP contribution is -2.62. The maximum atomic E-state index is 15.3. The van der Waals surface area contributed by atoms with Crippen molar-refractivity contribution >= 4 is 81.7 Å². The van der Waals surface area contributed by atoms with Gasteiger partial charge in [0.25, 0.3) is 0 Å². The minimum Gasteiger partial charge on any atom is -0.394 e. The average Bonchev–Trinajstić information content (AvgIpc) is 1.80. The van der Waals surface area contributed by atoms with Crippen LogP contribution in [0, 0.1) is 11.3 Å². The van der Waals surface area contributed by atoms with Gasteiger partial charge in [-0.2, -0.15) is 0 Å². The molecule has 570 valence electrons. The monoisotopic (exact) mass is 1470 g/mol. The van der Waals surface area contributed by atoms with E-state index in [2.05, 4.69) is 68.0 Å². The van der Waals surface area contributed by atoms with Gasteiger partial charge in [0.05, 0.1) is 19.8 Å². The van der Waals surface area contributed by atoms with Crippen LogP contribution in [0.25, 0.3) is 10.8 Å². The topological polar surface area (TPSA) is 446 Å². The second kappa shape index (κ2) is 40.9. The van der Waals surface area contributed by atoms with Gasteiger partial charge in [-0.25, -0.2) is 0 Å². The number of morpholine rings is 1. The Morgan fingerprint density at radius 1 is 0.523 bits per heavy atom. The SMILES string of the molecule is CC(=O)NC(Cc1ccc2ccccc2c1)C(=O)NC(Cc1ccccc1)C(=O)NC(Cc1cccnc1)C(=O)NC(CO)C(=O)NC(Cc1ccc(CN2CCOCC2)cc1)C(=O)NC(Cc1cccnc1)C(=O)NC(CC(C)C)C(=O)NC(CCCNC(=N)N)C(=O)N1CCCC1C(=O)NC(C)C(N)=O. The summed E-state index contributed by atoms with van der Waals surface area (Å²) in [6.45, 7) is 8.76. The van der Waals surface area contributed by atoms with E-state index in [0.29, 0.717) is 48.4 Å². The number of primary amides is 1. The molecular formula is C77H99N17O13. The van der Waals surface area contributed by atoms with Gasteiger partial charge in [-0.1, -0.05) is 123 Å². The third-order valence-electron chi connectivity index (χ3n) is 18.4. The van der Waals surface area contributed by atoms with Crippen molar-refractivity contribution in [2.75, 3.05) is 46.0 Å². The number of hydrogen-bond acceptors (Lipinski definition) is 17. The Bertz CT molecular complexity index is 4020. The van der Waals surface area contributed by atoms with E-state index in [9.17, 15) is 48.3 Å². The molecule has 2 saturated heterocycles. The molecule has 0 saturated carbocycles. The van der Waals surface area contributed by atoms with Crippen LogP contribution in [0.5, 0.6) is 0 Å². The second-order valence-corrected chi connectivity index (χ2v) is 27.4. The summed E-state index contributed by atoms with van der Waals surface area (Å²) < 4.78 is 5.54. The molecule has 6 aromatic rings. The lowest BCUT2D eigenvalue weighted by atomic mass is 9.99. The fraction of sp³-hybridized carbons (Fsp3) is 0.429. The molecule has 4 aromatic carbocycles. The number of amides is 11. The van der Waals surface area contributed by atoms with Crippen molar-refractivity contribution in [2.45, 2.75) is 159 Å². The molecule has 107 heavy (non-hydrogen) atoms. The quantitative estimate of drug-likeness (QED) is 0.0139. The average molecular weight is 1470 g/mol. The summed E-state index contributed by atoms with van der Waals surface area (Å²) in [4.78, 5) is 169. The van der Waals surface area contributed by atoms with E-state index < -0.39 is 132 Å². The molecule has 30 nitrogen and oxygen atoms in total. The number of carbonyl (C=O) groups is 11. The maximum Gasteiger partial charge on any atom is 0.245 e. The summed E-state index contributed by atoms with van der Waals surface area (Å²) in [5, 5.41) is 47.9. The highest BCUT2D eigenvalue weighted by Crippen LogP contribution is 2.22. The summed E-state index contributed by atoms with van der Waals surface area (Å²) in [5.74, 6) is -9.13. The van der Waals surface area contributed by atoms with Crippen molar-refractivity contribution < 1.29 is 62.6 Å². The standard InChI is InChI=1S/C77H99N17O13/c1-47(2)36-59(68(98)86-58(20-12-30-83-77(79)80)76(106)94-31-13-21-66(94)75(105)84-48(3)67(78)97)87-72(102)63(41-54-16-10-28-81-43-54)89-71(101)62(39-51-22-24-52(25-23-51)45-93-32-34-107-35-33-93)91-74(104)65(46-95)92-73(103)64(42-55-17-11-29-82-44-55)90-70(100)61(38-50-14-6-5-7-15-50)88-69(99)60(85-49(4)96)40-53-26-27-56-18-8-9-19-57(56)37-53/h5-11,14-19,22-29,37,43-44,47-48,58-66,95H,12-13,20-21,30-36,38-42,45-46H2,1-4H3,(H2,78,97)(H,84,105)(H,85,96)(H,86,98)(H,87,102)(H,88,99)(H,89,101)(H,90,100)(H,91,104)(H,92,103)(H4,79,80,83). The number of nitrogens with one attached hydrogen (secondary N) is 11. The van der Waals surface area contributed by atoms with E-state index >= 15 is 9.59 Å². The van der Waals surface area contributed by atoms with Crippen LogP contribution in [0.4, 0.5) is 0 Å².